The largest absolute Gasteiger partial charge is 0.467 e. The predicted molar refractivity (Wildman–Crippen MR) is 106 cm³/mol. The van der Waals surface area contributed by atoms with Gasteiger partial charge in [-0.2, -0.15) is 0 Å². The van der Waals surface area contributed by atoms with Gasteiger partial charge in [-0.25, -0.2) is 0 Å². The molecule has 2 rings (SSSR count). The number of carbonyl (C=O) groups is 1. The minimum absolute atomic E-state index is 0.0788. The van der Waals surface area contributed by atoms with Crippen LogP contribution in [0.2, 0.25) is 0 Å². The van der Waals surface area contributed by atoms with E-state index in [2.05, 4.69) is 15.9 Å². The van der Waals surface area contributed by atoms with E-state index < -0.39 is 0 Å². The monoisotopic (exact) mass is 438 g/mol. The Morgan fingerprint density at radius 3 is 2.30 bits per heavy atom. The highest BCUT2D eigenvalue weighted by molar-refractivity contribution is 9.10. The Hall–Kier alpha value is -1.93. The fourth-order valence-corrected chi connectivity index (χ4v) is 3.27. The van der Waals surface area contributed by atoms with Crippen molar-refractivity contribution >= 4 is 22.2 Å². The Balaban J connectivity index is 2.67. The first-order valence-electron chi connectivity index (χ1n) is 8.29. The third kappa shape index (κ3) is 5.52. The number of hydrogen-bond acceptors (Lipinski definition) is 6. The van der Waals surface area contributed by atoms with E-state index in [0.29, 0.717) is 30.1 Å². The Morgan fingerprint density at radius 2 is 1.67 bits per heavy atom. The smallest absolute Gasteiger partial charge is 0.188 e. The summed E-state index contributed by atoms with van der Waals surface area (Å²) in [7, 11) is 4.76. The van der Waals surface area contributed by atoms with Gasteiger partial charge in [0, 0.05) is 38.5 Å². The summed E-state index contributed by atoms with van der Waals surface area (Å²) in [5, 5.41) is 0. The molecule has 2 aromatic rings. The Morgan fingerprint density at radius 1 is 0.963 bits per heavy atom. The van der Waals surface area contributed by atoms with Crippen molar-refractivity contribution in [3.63, 3.8) is 0 Å². The van der Waals surface area contributed by atoms with Gasteiger partial charge in [0.25, 0.3) is 0 Å². The van der Waals surface area contributed by atoms with Gasteiger partial charge in [-0.15, -0.1) is 0 Å². The number of halogens is 1. The third-order valence-electron chi connectivity index (χ3n) is 3.82. The Bertz CT molecular complexity index is 762. The van der Waals surface area contributed by atoms with E-state index in [1.54, 1.807) is 33.5 Å². The molecule has 0 spiro atoms. The lowest BCUT2D eigenvalue weighted by Gasteiger charge is -2.20. The van der Waals surface area contributed by atoms with Crippen LogP contribution >= 0.6 is 15.9 Å². The minimum Gasteiger partial charge on any atom is -0.467 e. The second kappa shape index (κ2) is 11.0. The van der Waals surface area contributed by atoms with E-state index >= 15 is 0 Å². The van der Waals surface area contributed by atoms with Crippen LogP contribution in [0, 0.1) is 0 Å². The molecule has 0 aliphatic carbocycles. The number of aldehydes is 1. The number of methoxy groups -OCH3 is 3. The summed E-state index contributed by atoms with van der Waals surface area (Å²) in [6.45, 7) is 0.692. The average molecular weight is 439 g/mol. The first-order chi connectivity index (χ1) is 13.2. The molecule has 0 saturated carbocycles. The van der Waals surface area contributed by atoms with Crippen molar-refractivity contribution in [2.24, 2.45) is 0 Å². The molecule has 0 amide bonds. The molecular formula is C20H23BrO6. The average Bonchev–Trinajstić information content (AvgIpc) is 2.70. The molecule has 0 heterocycles. The predicted octanol–water partition coefficient (Wildman–Crippen LogP) is 4.08. The number of benzene rings is 2. The normalized spacial score (nSPS) is 10.7. The van der Waals surface area contributed by atoms with Crippen molar-refractivity contribution in [3.05, 3.63) is 45.9 Å². The molecule has 27 heavy (non-hydrogen) atoms. The van der Waals surface area contributed by atoms with Gasteiger partial charge in [0.2, 0.25) is 0 Å². The van der Waals surface area contributed by atoms with E-state index in [4.69, 9.17) is 23.7 Å². The molecule has 0 N–H and O–H groups in total. The summed E-state index contributed by atoms with van der Waals surface area (Å²) >= 11 is 3.64. The zero-order chi connectivity index (χ0) is 19.6. The third-order valence-corrected chi connectivity index (χ3v) is 4.69. The molecule has 0 aromatic heterocycles. The van der Waals surface area contributed by atoms with Gasteiger partial charge in [0.1, 0.15) is 17.8 Å². The standard InChI is InChI=1S/C20H23BrO6/c1-23-8-7-16-19(15-6-4-5-14(9-15)11-22)17(26-12-24-2)10-18(20(16)21)27-13-25-3/h4-6,9-11H,7-8,12-13H2,1-3H3. The number of hydrogen-bond donors (Lipinski definition) is 0. The van der Waals surface area contributed by atoms with Crippen molar-refractivity contribution in [1.29, 1.82) is 0 Å². The summed E-state index contributed by atoms with van der Waals surface area (Å²) in [6, 6.07) is 9.12. The van der Waals surface area contributed by atoms with Gasteiger partial charge in [-0.05, 0) is 39.5 Å². The SMILES string of the molecule is COCCc1c(Br)c(OCOC)cc(OCOC)c1-c1cccc(C=O)c1. The quantitative estimate of drug-likeness (QED) is 0.389. The summed E-state index contributed by atoms with van der Waals surface area (Å²) in [6.07, 6.45) is 1.43. The van der Waals surface area contributed by atoms with Gasteiger partial charge in [-0.3, -0.25) is 4.79 Å². The Kier molecular flexibility index (Phi) is 8.74. The number of ether oxygens (including phenoxy) is 5. The summed E-state index contributed by atoms with van der Waals surface area (Å²) in [4.78, 5) is 11.2. The van der Waals surface area contributed by atoms with Crippen LogP contribution in [-0.4, -0.2) is 47.8 Å². The lowest BCUT2D eigenvalue weighted by molar-refractivity contribution is 0.0458. The number of rotatable bonds is 11. The van der Waals surface area contributed by atoms with E-state index in [1.165, 1.54) is 0 Å². The molecule has 0 atom stereocenters. The van der Waals surface area contributed by atoms with Gasteiger partial charge in [-0.1, -0.05) is 18.2 Å². The van der Waals surface area contributed by atoms with Crippen LogP contribution in [0.5, 0.6) is 11.5 Å². The van der Waals surface area contributed by atoms with Crippen molar-refractivity contribution in [2.75, 3.05) is 41.5 Å². The fourth-order valence-electron chi connectivity index (χ4n) is 2.65. The molecule has 0 saturated heterocycles. The van der Waals surface area contributed by atoms with Gasteiger partial charge < -0.3 is 23.7 Å². The van der Waals surface area contributed by atoms with Crippen LogP contribution in [0.1, 0.15) is 15.9 Å². The van der Waals surface area contributed by atoms with Gasteiger partial charge >= 0.3 is 0 Å². The van der Waals surface area contributed by atoms with Gasteiger partial charge in [0.15, 0.2) is 13.6 Å². The lowest BCUT2D eigenvalue weighted by atomic mass is 9.95. The Labute approximate surface area is 167 Å². The molecule has 0 aliphatic rings. The number of carbonyl (C=O) groups excluding carboxylic acids is 1. The molecule has 2 aromatic carbocycles. The molecular weight excluding hydrogens is 416 g/mol. The zero-order valence-electron chi connectivity index (χ0n) is 15.6. The topological polar surface area (TPSA) is 63.2 Å². The maximum atomic E-state index is 11.2. The van der Waals surface area contributed by atoms with E-state index in [1.807, 2.05) is 18.2 Å². The van der Waals surface area contributed by atoms with E-state index in [9.17, 15) is 4.79 Å². The maximum Gasteiger partial charge on any atom is 0.188 e. The summed E-state index contributed by atoms with van der Waals surface area (Å²) in [5.74, 6) is 1.17. The molecule has 6 nitrogen and oxygen atoms in total. The maximum absolute atomic E-state index is 11.2. The fraction of sp³-hybridized carbons (Fsp3) is 0.350. The molecule has 0 radical (unpaired) electrons. The van der Waals surface area contributed by atoms with Crippen LogP contribution in [-0.2, 0) is 20.6 Å². The van der Waals surface area contributed by atoms with Crippen LogP contribution in [0.4, 0.5) is 0 Å². The second-order valence-corrected chi connectivity index (χ2v) is 6.42. The highest BCUT2D eigenvalue weighted by Gasteiger charge is 2.20. The van der Waals surface area contributed by atoms with Crippen LogP contribution in [0.3, 0.4) is 0 Å². The van der Waals surface area contributed by atoms with Crippen molar-refractivity contribution in [3.8, 4) is 22.6 Å². The van der Waals surface area contributed by atoms with Crippen molar-refractivity contribution < 1.29 is 28.5 Å². The summed E-state index contributed by atoms with van der Waals surface area (Å²) in [5.41, 5.74) is 3.23. The van der Waals surface area contributed by atoms with Crippen molar-refractivity contribution in [1.82, 2.24) is 0 Å². The molecule has 146 valence electrons. The van der Waals surface area contributed by atoms with E-state index in [-0.39, 0.29) is 13.6 Å². The highest BCUT2D eigenvalue weighted by Crippen LogP contribution is 2.43. The zero-order valence-corrected chi connectivity index (χ0v) is 17.2. The second-order valence-electron chi connectivity index (χ2n) is 5.63. The molecule has 0 aliphatic heterocycles. The first kappa shape index (κ1) is 21.4. The van der Waals surface area contributed by atoms with Gasteiger partial charge in [0.05, 0.1) is 11.1 Å². The highest BCUT2D eigenvalue weighted by atomic mass is 79.9. The van der Waals surface area contributed by atoms with Crippen LogP contribution in [0.25, 0.3) is 11.1 Å². The first-order valence-corrected chi connectivity index (χ1v) is 9.08. The summed E-state index contributed by atoms with van der Waals surface area (Å²) < 4.78 is 27.6. The molecule has 7 heteroatoms. The van der Waals surface area contributed by atoms with E-state index in [0.717, 1.165) is 27.4 Å². The molecule has 0 fully saturated rings. The molecule has 0 unspecified atom stereocenters. The molecule has 0 bridgehead atoms. The van der Waals surface area contributed by atoms with Crippen LogP contribution < -0.4 is 9.47 Å². The van der Waals surface area contributed by atoms with Crippen LogP contribution in [0.15, 0.2) is 34.8 Å². The van der Waals surface area contributed by atoms with Crippen molar-refractivity contribution in [2.45, 2.75) is 6.42 Å². The lowest BCUT2D eigenvalue weighted by Crippen LogP contribution is -2.07. The minimum atomic E-state index is 0.0788.